The van der Waals surface area contributed by atoms with E-state index < -0.39 is 11.8 Å². The highest BCUT2D eigenvalue weighted by molar-refractivity contribution is 5.90. The zero-order valence-electron chi connectivity index (χ0n) is 8.26. The summed E-state index contributed by atoms with van der Waals surface area (Å²) in [4.78, 5) is 15.2. The Morgan fingerprint density at radius 2 is 1.88 bits per heavy atom. The van der Waals surface area contributed by atoms with Crippen LogP contribution in [-0.2, 0) is 0 Å². The summed E-state index contributed by atoms with van der Waals surface area (Å²) < 4.78 is 17.5. The number of rotatable bonds is 2. The fourth-order valence-electron chi connectivity index (χ4n) is 1.15. The second-order valence-corrected chi connectivity index (χ2v) is 3.07. The Balaban J connectivity index is 2.11. The Morgan fingerprint density at radius 1 is 1.12 bits per heavy atom. The smallest absolute Gasteiger partial charge is 0.344 e. The van der Waals surface area contributed by atoms with Crippen molar-refractivity contribution in [2.45, 2.75) is 0 Å². The molecular weight excluding hydrogens is 209 g/mol. The fourth-order valence-corrected chi connectivity index (χ4v) is 1.15. The predicted molar refractivity (Wildman–Crippen MR) is 55.6 cm³/mol. The maximum atomic E-state index is 12.5. The molecule has 0 aliphatic rings. The van der Waals surface area contributed by atoms with Crippen LogP contribution in [0.4, 0.5) is 4.39 Å². The molecule has 0 radical (unpaired) electrons. The SMILES string of the molecule is O=C(Oc1ccc(F)cn1)c1ccccc1. The number of hydrogen-bond donors (Lipinski definition) is 0. The molecule has 0 spiro atoms. The van der Waals surface area contributed by atoms with Crippen molar-refractivity contribution in [2.24, 2.45) is 0 Å². The maximum absolute atomic E-state index is 12.5. The number of hydrogen-bond acceptors (Lipinski definition) is 3. The number of esters is 1. The minimum absolute atomic E-state index is 0.0789. The van der Waals surface area contributed by atoms with Gasteiger partial charge < -0.3 is 4.74 Å². The van der Waals surface area contributed by atoms with Crippen molar-refractivity contribution >= 4 is 5.97 Å². The van der Waals surface area contributed by atoms with Crippen LogP contribution in [0.1, 0.15) is 10.4 Å². The first-order valence-electron chi connectivity index (χ1n) is 4.64. The van der Waals surface area contributed by atoms with Crippen LogP contribution in [0.3, 0.4) is 0 Å². The van der Waals surface area contributed by atoms with Crippen molar-refractivity contribution in [3.63, 3.8) is 0 Å². The molecule has 0 saturated carbocycles. The van der Waals surface area contributed by atoms with E-state index in [1.54, 1.807) is 30.3 Å². The van der Waals surface area contributed by atoms with Crippen molar-refractivity contribution in [2.75, 3.05) is 0 Å². The van der Waals surface area contributed by atoms with Crippen LogP contribution in [0.15, 0.2) is 48.7 Å². The normalized spacial score (nSPS) is 9.81. The molecule has 2 aromatic rings. The first kappa shape index (κ1) is 10.3. The van der Waals surface area contributed by atoms with E-state index in [4.69, 9.17) is 4.74 Å². The minimum Gasteiger partial charge on any atom is -0.404 e. The molecular formula is C12H8FNO2. The van der Waals surface area contributed by atoms with Crippen molar-refractivity contribution < 1.29 is 13.9 Å². The number of ether oxygens (including phenoxy) is 1. The van der Waals surface area contributed by atoms with Crippen molar-refractivity contribution in [3.05, 3.63) is 60.0 Å². The summed E-state index contributed by atoms with van der Waals surface area (Å²) in [5, 5.41) is 0. The van der Waals surface area contributed by atoms with E-state index in [-0.39, 0.29) is 5.88 Å². The second-order valence-electron chi connectivity index (χ2n) is 3.07. The number of pyridine rings is 1. The lowest BCUT2D eigenvalue weighted by Gasteiger charge is -2.02. The third-order valence-corrected chi connectivity index (χ3v) is 1.91. The van der Waals surface area contributed by atoms with E-state index in [1.807, 2.05) is 0 Å². The lowest BCUT2D eigenvalue weighted by atomic mass is 10.2. The van der Waals surface area contributed by atoms with Gasteiger partial charge >= 0.3 is 5.97 Å². The summed E-state index contributed by atoms with van der Waals surface area (Å²) in [6.45, 7) is 0. The molecule has 0 atom stereocenters. The molecule has 0 bridgehead atoms. The third kappa shape index (κ3) is 2.42. The zero-order valence-corrected chi connectivity index (χ0v) is 8.26. The Bertz CT molecular complexity index is 482. The van der Waals surface area contributed by atoms with E-state index in [1.165, 1.54) is 12.1 Å². The van der Waals surface area contributed by atoms with Crippen LogP contribution in [0.5, 0.6) is 5.88 Å². The topological polar surface area (TPSA) is 39.2 Å². The first-order valence-corrected chi connectivity index (χ1v) is 4.64. The van der Waals surface area contributed by atoms with Gasteiger partial charge in [-0.2, -0.15) is 0 Å². The molecule has 2 rings (SSSR count). The summed E-state index contributed by atoms with van der Waals surface area (Å²) >= 11 is 0. The van der Waals surface area contributed by atoms with Crippen LogP contribution in [0.2, 0.25) is 0 Å². The highest BCUT2D eigenvalue weighted by Gasteiger charge is 2.08. The second kappa shape index (κ2) is 4.53. The monoisotopic (exact) mass is 217 g/mol. The van der Waals surface area contributed by atoms with Gasteiger partial charge in [-0.3, -0.25) is 0 Å². The minimum atomic E-state index is -0.514. The van der Waals surface area contributed by atoms with E-state index in [2.05, 4.69) is 4.98 Å². The average Bonchev–Trinajstić information content (AvgIpc) is 2.33. The van der Waals surface area contributed by atoms with Gasteiger partial charge in [0.15, 0.2) is 0 Å². The van der Waals surface area contributed by atoms with E-state index >= 15 is 0 Å². The summed E-state index contributed by atoms with van der Waals surface area (Å²) in [6, 6.07) is 11.0. The van der Waals surface area contributed by atoms with Gasteiger partial charge in [0.1, 0.15) is 5.82 Å². The molecule has 0 aliphatic carbocycles. The number of halogens is 1. The van der Waals surface area contributed by atoms with E-state index in [9.17, 15) is 9.18 Å². The van der Waals surface area contributed by atoms with Crippen molar-refractivity contribution in [1.29, 1.82) is 0 Å². The Morgan fingerprint density at radius 3 is 2.50 bits per heavy atom. The Labute approximate surface area is 91.5 Å². The van der Waals surface area contributed by atoms with E-state index in [0.29, 0.717) is 5.56 Å². The van der Waals surface area contributed by atoms with Gasteiger partial charge in [0, 0.05) is 6.07 Å². The van der Waals surface area contributed by atoms with Gasteiger partial charge in [0.05, 0.1) is 11.8 Å². The predicted octanol–water partition coefficient (Wildman–Crippen LogP) is 2.44. The van der Waals surface area contributed by atoms with Gasteiger partial charge in [-0.25, -0.2) is 14.2 Å². The molecule has 0 aliphatic heterocycles. The van der Waals surface area contributed by atoms with Crippen LogP contribution < -0.4 is 4.74 Å². The molecule has 3 nitrogen and oxygen atoms in total. The quantitative estimate of drug-likeness (QED) is 0.725. The molecule has 1 aromatic carbocycles. The maximum Gasteiger partial charge on any atom is 0.344 e. The average molecular weight is 217 g/mol. The molecule has 80 valence electrons. The molecule has 4 heteroatoms. The van der Waals surface area contributed by atoms with E-state index in [0.717, 1.165) is 6.20 Å². The number of aromatic nitrogens is 1. The standard InChI is InChI=1S/C12H8FNO2/c13-10-6-7-11(14-8-10)16-12(15)9-4-2-1-3-5-9/h1-8H. The van der Waals surface area contributed by atoms with Gasteiger partial charge in [0.25, 0.3) is 0 Å². The highest BCUT2D eigenvalue weighted by Crippen LogP contribution is 2.09. The number of benzene rings is 1. The largest absolute Gasteiger partial charge is 0.404 e. The van der Waals surface area contributed by atoms with Crippen LogP contribution in [-0.4, -0.2) is 11.0 Å². The zero-order chi connectivity index (χ0) is 11.4. The van der Waals surface area contributed by atoms with Crippen LogP contribution in [0.25, 0.3) is 0 Å². The first-order chi connectivity index (χ1) is 7.75. The summed E-state index contributed by atoms with van der Waals surface area (Å²) in [5.74, 6) is -0.908. The molecule has 0 unspecified atom stereocenters. The summed E-state index contributed by atoms with van der Waals surface area (Å²) in [7, 11) is 0. The van der Waals surface area contributed by atoms with Crippen LogP contribution in [0, 0.1) is 5.82 Å². The number of carbonyl (C=O) groups excluding carboxylic acids is 1. The van der Waals surface area contributed by atoms with Crippen molar-refractivity contribution in [1.82, 2.24) is 4.98 Å². The lowest BCUT2D eigenvalue weighted by Crippen LogP contribution is -2.09. The van der Waals surface area contributed by atoms with Gasteiger partial charge in [-0.15, -0.1) is 0 Å². The van der Waals surface area contributed by atoms with Crippen molar-refractivity contribution in [3.8, 4) is 5.88 Å². The molecule has 16 heavy (non-hydrogen) atoms. The Hall–Kier alpha value is -2.23. The lowest BCUT2D eigenvalue weighted by molar-refractivity contribution is 0.0727. The molecule has 0 N–H and O–H groups in total. The molecule has 1 aromatic heterocycles. The third-order valence-electron chi connectivity index (χ3n) is 1.91. The molecule has 0 fully saturated rings. The number of nitrogens with zero attached hydrogens (tertiary/aromatic N) is 1. The van der Waals surface area contributed by atoms with Gasteiger partial charge in [-0.1, -0.05) is 18.2 Å². The van der Waals surface area contributed by atoms with Gasteiger partial charge in [-0.05, 0) is 18.2 Å². The molecule has 0 amide bonds. The molecule has 1 heterocycles. The number of carbonyl (C=O) groups is 1. The highest BCUT2D eigenvalue weighted by atomic mass is 19.1. The van der Waals surface area contributed by atoms with Crippen LogP contribution >= 0.6 is 0 Å². The summed E-state index contributed by atoms with van der Waals surface area (Å²) in [6.07, 6.45) is 0.994. The Kier molecular flexibility index (Phi) is 2.91. The summed E-state index contributed by atoms with van der Waals surface area (Å²) in [5.41, 5.74) is 0.425. The fraction of sp³-hybridized carbons (Fsp3) is 0. The van der Waals surface area contributed by atoms with Gasteiger partial charge in [0.2, 0.25) is 5.88 Å². The molecule has 0 saturated heterocycles.